The first-order valence-corrected chi connectivity index (χ1v) is 5.78. The van der Waals surface area contributed by atoms with Gasteiger partial charge in [0.1, 0.15) is 5.69 Å². The van der Waals surface area contributed by atoms with Crippen molar-refractivity contribution in [1.82, 2.24) is 25.2 Å². The third kappa shape index (κ3) is 2.78. The number of aryl methyl sites for hydroxylation is 1. The van der Waals surface area contributed by atoms with E-state index in [1.54, 1.807) is 23.0 Å². The molecule has 17 heavy (non-hydrogen) atoms. The Labute approximate surface area is 104 Å². The molecule has 0 saturated carbocycles. The average molecular weight is 253 g/mol. The smallest absolute Gasteiger partial charge is 0.202 e. The van der Waals surface area contributed by atoms with E-state index in [1.165, 1.54) is 0 Å². The zero-order valence-electron chi connectivity index (χ0n) is 9.25. The second-order valence-electron chi connectivity index (χ2n) is 3.56. The number of hydrogen-bond donors (Lipinski definition) is 1. The summed E-state index contributed by atoms with van der Waals surface area (Å²) in [5, 5.41) is 12.1. The predicted molar refractivity (Wildman–Crippen MR) is 64.3 cm³/mol. The van der Waals surface area contributed by atoms with Crippen LogP contribution >= 0.6 is 11.6 Å². The number of nitrogens with two attached hydrogens (primary N) is 1. The summed E-state index contributed by atoms with van der Waals surface area (Å²) in [6, 6.07) is 3.54. The second kappa shape index (κ2) is 5.70. The van der Waals surface area contributed by atoms with E-state index < -0.39 is 0 Å². The molecule has 7 heteroatoms. The summed E-state index contributed by atoms with van der Waals surface area (Å²) in [5.41, 5.74) is 6.05. The van der Waals surface area contributed by atoms with Crippen LogP contribution in [0.25, 0.3) is 11.5 Å². The number of pyridine rings is 1. The summed E-state index contributed by atoms with van der Waals surface area (Å²) in [5.74, 6) is 0.590. The molecule has 2 rings (SSSR count). The Balaban J connectivity index is 2.22. The molecular weight excluding hydrogens is 240 g/mol. The molecule has 2 N–H and O–H groups in total. The van der Waals surface area contributed by atoms with Gasteiger partial charge >= 0.3 is 0 Å². The highest BCUT2D eigenvalue weighted by Crippen LogP contribution is 2.22. The first-order valence-electron chi connectivity index (χ1n) is 5.40. The maximum atomic E-state index is 6.06. The molecule has 2 aromatic rings. The van der Waals surface area contributed by atoms with Gasteiger partial charge in [0.2, 0.25) is 5.82 Å². The van der Waals surface area contributed by atoms with E-state index in [-0.39, 0.29) is 0 Å². The molecule has 2 heterocycles. The van der Waals surface area contributed by atoms with E-state index in [0.29, 0.717) is 29.6 Å². The lowest BCUT2D eigenvalue weighted by Crippen LogP contribution is -2.06. The van der Waals surface area contributed by atoms with Gasteiger partial charge in [-0.15, -0.1) is 5.10 Å². The van der Waals surface area contributed by atoms with Crippen molar-refractivity contribution >= 4 is 11.6 Å². The lowest BCUT2D eigenvalue weighted by molar-refractivity contribution is 0.548. The van der Waals surface area contributed by atoms with Crippen LogP contribution in [-0.2, 0) is 6.54 Å². The summed E-state index contributed by atoms with van der Waals surface area (Å²) < 4.78 is 1.70. The van der Waals surface area contributed by atoms with Gasteiger partial charge in [-0.05, 0) is 41.9 Å². The molecule has 0 spiro atoms. The number of aromatic nitrogens is 5. The molecule has 0 saturated heterocycles. The lowest BCUT2D eigenvalue weighted by atomic mass is 10.3. The molecule has 0 fully saturated rings. The summed E-state index contributed by atoms with van der Waals surface area (Å²) in [6.07, 6.45) is 3.54. The van der Waals surface area contributed by atoms with Crippen LogP contribution in [0, 0.1) is 0 Å². The molecule has 0 bridgehead atoms. The van der Waals surface area contributed by atoms with E-state index in [0.717, 1.165) is 12.8 Å². The predicted octanol–water partition coefficient (Wildman–Crippen LogP) is 1.13. The Morgan fingerprint density at radius 1 is 1.35 bits per heavy atom. The molecule has 6 nitrogen and oxygen atoms in total. The lowest BCUT2D eigenvalue weighted by Gasteiger charge is -2.04. The van der Waals surface area contributed by atoms with E-state index in [2.05, 4.69) is 20.5 Å². The second-order valence-corrected chi connectivity index (χ2v) is 3.96. The van der Waals surface area contributed by atoms with Gasteiger partial charge in [0, 0.05) is 12.7 Å². The van der Waals surface area contributed by atoms with Crippen molar-refractivity contribution in [1.29, 1.82) is 0 Å². The van der Waals surface area contributed by atoms with Crippen LogP contribution in [0.5, 0.6) is 0 Å². The summed E-state index contributed by atoms with van der Waals surface area (Å²) in [7, 11) is 0. The van der Waals surface area contributed by atoms with Crippen LogP contribution < -0.4 is 5.73 Å². The van der Waals surface area contributed by atoms with Crippen LogP contribution in [-0.4, -0.2) is 31.7 Å². The third-order valence-electron chi connectivity index (χ3n) is 2.33. The van der Waals surface area contributed by atoms with Gasteiger partial charge in [-0.3, -0.25) is 4.98 Å². The SMILES string of the molecule is NCCCCn1nnnc1-c1ncccc1Cl. The first kappa shape index (κ1) is 11.9. The number of halogens is 1. The standard InChI is InChI=1S/C10H13ClN6/c11-8-4-3-6-13-9(8)10-14-15-16-17(10)7-2-1-5-12/h3-4,6H,1-2,5,7,12H2. The van der Waals surface area contributed by atoms with Gasteiger partial charge in [0.25, 0.3) is 0 Å². The minimum absolute atomic E-state index is 0.544. The zero-order chi connectivity index (χ0) is 12.1. The summed E-state index contributed by atoms with van der Waals surface area (Å²) in [6.45, 7) is 1.38. The molecule has 0 aromatic carbocycles. The number of unbranched alkanes of at least 4 members (excludes halogenated alkanes) is 1. The van der Waals surface area contributed by atoms with E-state index in [4.69, 9.17) is 17.3 Å². The largest absolute Gasteiger partial charge is 0.330 e. The summed E-state index contributed by atoms with van der Waals surface area (Å²) >= 11 is 6.06. The van der Waals surface area contributed by atoms with Crippen molar-refractivity contribution in [3.05, 3.63) is 23.4 Å². The maximum Gasteiger partial charge on any atom is 0.202 e. The monoisotopic (exact) mass is 252 g/mol. The van der Waals surface area contributed by atoms with Gasteiger partial charge < -0.3 is 5.73 Å². The Morgan fingerprint density at radius 3 is 3.00 bits per heavy atom. The minimum Gasteiger partial charge on any atom is -0.330 e. The molecule has 0 aliphatic carbocycles. The van der Waals surface area contributed by atoms with Crippen molar-refractivity contribution < 1.29 is 0 Å². The van der Waals surface area contributed by atoms with Gasteiger partial charge in [0.15, 0.2) is 0 Å². The molecule has 0 amide bonds. The van der Waals surface area contributed by atoms with E-state index >= 15 is 0 Å². The van der Waals surface area contributed by atoms with Crippen LogP contribution in [0.2, 0.25) is 5.02 Å². The highest BCUT2D eigenvalue weighted by Gasteiger charge is 2.12. The average Bonchev–Trinajstić information content (AvgIpc) is 2.78. The number of tetrazole rings is 1. The summed E-state index contributed by atoms with van der Waals surface area (Å²) in [4.78, 5) is 4.19. The van der Waals surface area contributed by atoms with Crippen LogP contribution in [0.1, 0.15) is 12.8 Å². The molecule has 0 aliphatic rings. The molecule has 90 valence electrons. The highest BCUT2D eigenvalue weighted by molar-refractivity contribution is 6.32. The van der Waals surface area contributed by atoms with Crippen molar-refractivity contribution in [2.24, 2.45) is 5.73 Å². The van der Waals surface area contributed by atoms with Gasteiger partial charge in [0.05, 0.1) is 5.02 Å². The highest BCUT2D eigenvalue weighted by atomic mass is 35.5. The fraction of sp³-hybridized carbons (Fsp3) is 0.400. The van der Waals surface area contributed by atoms with Crippen molar-refractivity contribution in [2.75, 3.05) is 6.54 Å². The van der Waals surface area contributed by atoms with Crippen molar-refractivity contribution in [3.63, 3.8) is 0 Å². The zero-order valence-corrected chi connectivity index (χ0v) is 10.0. The van der Waals surface area contributed by atoms with Gasteiger partial charge in [-0.2, -0.15) is 0 Å². The van der Waals surface area contributed by atoms with Crippen LogP contribution in [0.3, 0.4) is 0 Å². The molecular formula is C10H13ClN6. The molecule has 0 aliphatic heterocycles. The van der Waals surface area contributed by atoms with E-state index in [1.807, 2.05) is 0 Å². The minimum atomic E-state index is 0.544. The van der Waals surface area contributed by atoms with Gasteiger partial charge in [-0.1, -0.05) is 11.6 Å². The Bertz CT molecular complexity index is 483. The number of hydrogen-bond acceptors (Lipinski definition) is 5. The topological polar surface area (TPSA) is 82.5 Å². The van der Waals surface area contributed by atoms with Gasteiger partial charge in [-0.25, -0.2) is 4.68 Å². The number of rotatable bonds is 5. The Hall–Kier alpha value is -1.53. The third-order valence-corrected chi connectivity index (χ3v) is 2.63. The van der Waals surface area contributed by atoms with Crippen molar-refractivity contribution in [3.8, 4) is 11.5 Å². The Morgan fingerprint density at radius 2 is 2.24 bits per heavy atom. The molecule has 0 radical (unpaired) electrons. The number of nitrogens with zero attached hydrogens (tertiary/aromatic N) is 5. The molecule has 0 unspecified atom stereocenters. The quantitative estimate of drug-likeness (QED) is 0.807. The van der Waals surface area contributed by atoms with E-state index in [9.17, 15) is 0 Å². The Kier molecular flexibility index (Phi) is 4.00. The van der Waals surface area contributed by atoms with Crippen LogP contribution in [0.15, 0.2) is 18.3 Å². The maximum absolute atomic E-state index is 6.06. The fourth-order valence-corrected chi connectivity index (χ4v) is 1.69. The normalized spacial score (nSPS) is 10.7. The molecule has 0 atom stereocenters. The van der Waals surface area contributed by atoms with Crippen LogP contribution in [0.4, 0.5) is 0 Å². The van der Waals surface area contributed by atoms with Crippen molar-refractivity contribution in [2.45, 2.75) is 19.4 Å². The molecule has 2 aromatic heterocycles. The fourth-order valence-electron chi connectivity index (χ4n) is 1.48. The first-order chi connectivity index (χ1) is 8.33.